The quantitative estimate of drug-likeness (QED) is 0.340. The summed E-state index contributed by atoms with van der Waals surface area (Å²) in [5.74, 6) is 0.415. The fraction of sp³-hybridized carbons (Fsp3) is 0.467. The lowest BCUT2D eigenvalue weighted by atomic mass is 9.89. The molecule has 2 heteroatoms. The molecule has 0 heterocycles. The third kappa shape index (κ3) is 5.84. The normalized spacial score (nSPS) is 17.1. The summed E-state index contributed by atoms with van der Waals surface area (Å²) in [5.41, 5.74) is 4.01. The molecule has 0 aromatic rings. The van der Waals surface area contributed by atoms with Gasteiger partial charge in [-0.05, 0) is 36.1 Å². The van der Waals surface area contributed by atoms with E-state index in [2.05, 4.69) is 65.7 Å². The van der Waals surface area contributed by atoms with Crippen LogP contribution in [0.15, 0.2) is 48.6 Å². The lowest BCUT2D eigenvalue weighted by Crippen LogP contribution is -2.21. The van der Waals surface area contributed by atoms with Crippen molar-refractivity contribution < 1.29 is 0 Å². The molecule has 0 bridgehead atoms. The van der Waals surface area contributed by atoms with Crippen LogP contribution in [0.5, 0.6) is 0 Å². The van der Waals surface area contributed by atoms with Crippen molar-refractivity contribution in [2.24, 2.45) is 5.92 Å². The molecule has 0 nitrogen and oxygen atoms in total. The van der Waals surface area contributed by atoms with Crippen molar-refractivity contribution in [3.8, 4) is 0 Å². The molecular weight excluding hydrogens is 291 g/mol. The summed E-state index contributed by atoms with van der Waals surface area (Å²) in [7, 11) is 2.89. The molecule has 4 unspecified atom stereocenters. The first kappa shape index (κ1) is 16.9. The molecule has 0 aliphatic carbocycles. The van der Waals surface area contributed by atoms with Gasteiger partial charge in [0.25, 0.3) is 0 Å². The lowest BCUT2D eigenvalue weighted by Gasteiger charge is -2.25. The lowest BCUT2D eigenvalue weighted by molar-refractivity contribution is 0.638. The van der Waals surface area contributed by atoms with E-state index < -0.39 is 0 Å². The van der Waals surface area contributed by atoms with E-state index in [1.807, 2.05) is 12.2 Å². The second-order valence-electron chi connectivity index (χ2n) is 4.60. The van der Waals surface area contributed by atoms with Crippen molar-refractivity contribution in [3.05, 3.63) is 48.6 Å². The van der Waals surface area contributed by atoms with Gasteiger partial charge < -0.3 is 0 Å². The van der Waals surface area contributed by atoms with E-state index in [0.29, 0.717) is 16.4 Å². The largest absolute Gasteiger partial charge is 0.133 e. The maximum Gasteiger partial charge on any atom is 0.0186 e. The standard InChI is InChI=1S/C15H24BrP/c1-7-8-10(2)9-11(3)12(4)13(5)15(17)14(6)16/h7-8,13-15H,1,3-4,9,17H2,2,5-6H3. The second-order valence-corrected chi connectivity index (χ2v) is 6.81. The van der Waals surface area contributed by atoms with Gasteiger partial charge in [0.2, 0.25) is 0 Å². The van der Waals surface area contributed by atoms with Crippen LogP contribution in [0.3, 0.4) is 0 Å². The highest BCUT2D eigenvalue weighted by Crippen LogP contribution is 2.31. The van der Waals surface area contributed by atoms with E-state index in [9.17, 15) is 0 Å². The summed E-state index contributed by atoms with van der Waals surface area (Å²) in [4.78, 5) is 0.455. The number of rotatable bonds is 7. The Hall–Kier alpha value is -0.130. The zero-order valence-electron chi connectivity index (χ0n) is 11.2. The van der Waals surface area contributed by atoms with Gasteiger partial charge in [-0.1, -0.05) is 67.2 Å². The summed E-state index contributed by atoms with van der Waals surface area (Å²) < 4.78 is 0. The molecule has 0 aromatic heterocycles. The third-order valence-electron chi connectivity index (χ3n) is 3.01. The number of allylic oxidation sites excluding steroid dienone is 5. The van der Waals surface area contributed by atoms with E-state index in [-0.39, 0.29) is 0 Å². The van der Waals surface area contributed by atoms with Gasteiger partial charge >= 0.3 is 0 Å². The highest BCUT2D eigenvalue weighted by Gasteiger charge is 2.20. The van der Waals surface area contributed by atoms with Gasteiger partial charge in [0, 0.05) is 4.83 Å². The SMILES string of the molecule is C=CC=C(C)CC(=C)C(=C)C(C)C(P)C(C)Br. The van der Waals surface area contributed by atoms with Gasteiger partial charge in [0.05, 0.1) is 0 Å². The van der Waals surface area contributed by atoms with Crippen LogP contribution in [0.4, 0.5) is 0 Å². The zero-order chi connectivity index (χ0) is 13.6. The molecule has 0 radical (unpaired) electrons. The Morgan fingerprint density at radius 1 is 1.35 bits per heavy atom. The first-order valence-electron chi connectivity index (χ1n) is 5.86. The van der Waals surface area contributed by atoms with Gasteiger partial charge in [0.15, 0.2) is 0 Å². The molecule has 96 valence electrons. The van der Waals surface area contributed by atoms with Gasteiger partial charge in [-0.25, -0.2) is 0 Å². The Kier molecular flexibility index (Phi) is 8.00. The van der Waals surface area contributed by atoms with E-state index in [0.717, 1.165) is 17.6 Å². The number of hydrogen-bond acceptors (Lipinski definition) is 0. The molecule has 0 saturated carbocycles. The molecule has 0 aliphatic heterocycles. The van der Waals surface area contributed by atoms with Crippen LogP contribution < -0.4 is 0 Å². The molecular formula is C15H24BrP. The third-order valence-corrected chi connectivity index (χ3v) is 5.33. The van der Waals surface area contributed by atoms with Crippen LogP contribution in [0.1, 0.15) is 27.2 Å². The molecule has 0 fully saturated rings. The topological polar surface area (TPSA) is 0 Å². The van der Waals surface area contributed by atoms with Gasteiger partial charge in [-0.3, -0.25) is 0 Å². The summed E-state index contributed by atoms with van der Waals surface area (Å²) >= 11 is 3.62. The number of halogens is 1. The van der Waals surface area contributed by atoms with Crippen molar-refractivity contribution in [3.63, 3.8) is 0 Å². The predicted molar refractivity (Wildman–Crippen MR) is 87.9 cm³/mol. The van der Waals surface area contributed by atoms with Crippen molar-refractivity contribution in [2.75, 3.05) is 0 Å². The van der Waals surface area contributed by atoms with Crippen LogP contribution in [-0.4, -0.2) is 10.5 Å². The molecule has 0 saturated heterocycles. The Labute approximate surface area is 117 Å². The summed E-state index contributed by atoms with van der Waals surface area (Å²) in [6.07, 6.45) is 4.71. The molecule has 0 aromatic carbocycles. The monoisotopic (exact) mass is 314 g/mol. The van der Waals surface area contributed by atoms with Gasteiger partial charge in [-0.15, -0.1) is 9.24 Å². The van der Waals surface area contributed by atoms with E-state index in [1.165, 1.54) is 5.57 Å². The zero-order valence-corrected chi connectivity index (χ0v) is 13.9. The minimum atomic E-state index is 0.415. The van der Waals surface area contributed by atoms with Crippen LogP contribution >= 0.6 is 25.2 Å². The molecule has 4 atom stereocenters. The first-order valence-corrected chi connectivity index (χ1v) is 7.44. The molecule has 0 spiro atoms. The maximum absolute atomic E-state index is 4.18. The fourth-order valence-electron chi connectivity index (χ4n) is 1.66. The van der Waals surface area contributed by atoms with Crippen LogP contribution in [0.2, 0.25) is 0 Å². The fourth-order valence-corrected chi connectivity index (χ4v) is 2.35. The Bertz CT molecular complexity index is 326. The number of hydrogen-bond donors (Lipinski definition) is 0. The van der Waals surface area contributed by atoms with Crippen LogP contribution in [0.25, 0.3) is 0 Å². The highest BCUT2D eigenvalue weighted by molar-refractivity contribution is 9.09. The summed E-state index contributed by atoms with van der Waals surface area (Å²) in [6, 6.07) is 0. The average Bonchev–Trinajstić information content (AvgIpc) is 2.25. The van der Waals surface area contributed by atoms with E-state index in [1.54, 1.807) is 0 Å². The molecule has 0 rings (SSSR count). The minimum Gasteiger partial charge on any atom is -0.133 e. The molecule has 0 aliphatic rings. The summed E-state index contributed by atoms with van der Waals surface area (Å²) in [5, 5.41) is 0. The molecule has 17 heavy (non-hydrogen) atoms. The highest BCUT2D eigenvalue weighted by atomic mass is 79.9. The second kappa shape index (κ2) is 8.06. The minimum absolute atomic E-state index is 0.415. The molecule has 0 amide bonds. The van der Waals surface area contributed by atoms with Gasteiger partial charge in [-0.2, -0.15) is 0 Å². The smallest absolute Gasteiger partial charge is 0.0186 e. The maximum atomic E-state index is 4.18. The molecule has 0 N–H and O–H groups in total. The van der Waals surface area contributed by atoms with Crippen molar-refractivity contribution in [2.45, 2.75) is 37.7 Å². The predicted octanol–water partition coefficient (Wildman–Crippen LogP) is 5.28. The van der Waals surface area contributed by atoms with Crippen LogP contribution in [-0.2, 0) is 0 Å². The van der Waals surface area contributed by atoms with Gasteiger partial charge in [0.1, 0.15) is 0 Å². The van der Waals surface area contributed by atoms with Crippen LogP contribution in [0, 0.1) is 5.92 Å². The van der Waals surface area contributed by atoms with Crippen molar-refractivity contribution in [1.82, 2.24) is 0 Å². The van der Waals surface area contributed by atoms with Crippen molar-refractivity contribution in [1.29, 1.82) is 0 Å². The average molecular weight is 315 g/mol. The van der Waals surface area contributed by atoms with E-state index >= 15 is 0 Å². The number of alkyl halides is 1. The van der Waals surface area contributed by atoms with Crippen molar-refractivity contribution >= 4 is 25.2 Å². The Morgan fingerprint density at radius 3 is 2.29 bits per heavy atom. The Morgan fingerprint density at radius 2 is 1.88 bits per heavy atom. The Balaban J connectivity index is 4.56. The first-order chi connectivity index (χ1) is 7.81. The van der Waals surface area contributed by atoms with E-state index in [4.69, 9.17) is 0 Å². The summed E-state index contributed by atoms with van der Waals surface area (Å²) in [6.45, 7) is 18.5.